The van der Waals surface area contributed by atoms with E-state index in [9.17, 15) is 9.59 Å². The van der Waals surface area contributed by atoms with Gasteiger partial charge in [0, 0.05) is 35.9 Å². The third-order valence-corrected chi connectivity index (χ3v) is 4.64. The number of nitrogens with one attached hydrogen (secondary N) is 2. The normalized spacial score (nSPS) is 11.4. The lowest BCUT2D eigenvalue weighted by Crippen LogP contribution is -2.24. The smallest absolute Gasteiger partial charge is 0.259 e. The average molecular weight is 424 g/mol. The van der Waals surface area contributed by atoms with E-state index < -0.39 is 11.9 Å². The summed E-state index contributed by atoms with van der Waals surface area (Å²) in [4.78, 5) is 25.4. The summed E-state index contributed by atoms with van der Waals surface area (Å²) in [5.41, 5.74) is 1.33. The first kappa shape index (κ1) is 21.7. The van der Waals surface area contributed by atoms with E-state index in [1.807, 2.05) is 0 Å². The maximum Gasteiger partial charge on any atom is 0.259 e. The van der Waals surface area contributed by atoms with E-state index in [4.69, 9.17) is 14.2 Å². The zero-order chi connectivity index (χ0) is 22.4. The van der Waals surface area contributed by atoms with Crippen LogP contribution in [0.2, 0.25) is 0 Å². The number of aromatic nitrogens is 2. The number of amides is 2. The van der Waals surface area contributed by atoms with Gasteiger partial charge in [0.1, 0.15) is 11.8 Å². The largest absolute Gasteiger partial charge is 0.496 e. The number of hydrogen-bond acceptors (Lipinski definition) is 6. The molecule has 0 aliphatic heterocycles. The second kappa shape index (κ2) is 9.66. The van der Waals surface area contributed by atoms with Gasteiger partial charge in [-0.2, -0.15) is 5.10 Å². The van der Waals surface area contributed by atoms with Gasteiger partial charge in [-0.1, -0.05) is 6.07 Å². The summed E-state index contributed by atoms with van der Waals surface area (Å²) < 4.78 is 17.4. The summed E-state index contributed by atoms with van der Waals surface area (Å²) >= 11 is 0. The number of benzene rings is 2. The molecular weight excluding hydrogens is 400 g/mol. The molecule has 3 rings (SSSR count). The number of nitrogens with zero attached hydrogens (tertiary/aromatic N) is 2. The molecule has 0 spiro atoms. The Hall–Kier alpha value is -4.01. The second-order valence-electron chi connectivity index (χ2n) is 6.59. The van der Waals surface area contributed by atoms with Crippen LogP contribution in [0.4, 0.5) is 11.4 Å². The molecule has 9 heteroatoms. The highest BCUT2D eigenvalue weighted by Crippen LogP contribution is 2.35. The molecule has 0 bridgehead atoms. The van der Waals surface area contributed by atoms with Gasteiger partial charge in [-0.3, -0.25) is 14.3 Å². The first-order valence-corrected chi connectivity index (χ1v) is 9.48. The molecular formula is C22H24N4O5. The fraction of sp³-hybridized carbons (Fsp3) is 0.227. The van der Waals surface area contributed by atoms with E-state index in [1.54, 1.807) is 66.5 Å². The second-order valence-corrected chi connectivity index (χ2v) is 6.59. The van der Waals surface area contributed by atoms with Crippen molar-refractivity contribution in [1.82, 2.24) is 9.78 Å². The zero-order valence-electron chi connectivity index (χ0n) is 17.7. The molecule has 162 valence electrons. The minimum Gasteiger partial charge on any atom is -0.496 e. The van der Waals surface area contributed by atoms with Gasteiger partial charge in [0.25, 0.3) is 5.91 Å². The predicted molar refractivity (Wildman–Crippen MR) is 116 cm³/mol. The van der Waals surface area contributed by atoms with Crippen LogP contribution < -0.4 is 24.8 Å². The maximum atomic E-state index is 12.9. The number of anilines is 2. The van der Waals surface area contributed by atoms with Crippen molar-refractivity contribution in [3.05, 3.63) is 60.4 Å². The molecule has 0 saturated carbocycles. The van der Waals surface area contributed by atoms with Gasteiger partial charge in [0.15, 0.2) is 11.5 Å². The van der Waals surface area contributed by atoms with Crippen molar-refractivity contribution in [2.45, 2.75) is 13.0 Å². The fourth-order valence-electron chi connectivity index (χ4n) is 2.96. The Balaban J connectivity index is 1.76. The molecule has 9 nitrogen and oxygen atoms in total. The van der Waals surface area contributed by atoms with Crippen LogP contribution in [0, 0.1) is 0 Å². The highest BCUT2D eigenvalue weighted by atomic mass is 16.5. The third-order valence-electron chi connectivity index (χ3n) is 4.64. The SMILES string of the molecule is COc1cc(OC)c(C(=O)Nc2cccc(NC(=O)C(C)n3cccn3)c2)cc1OC. The summed E-state index contributed by atoms with van der Waals surface area (Å²) in [5.74, 6) is 0.571. The average Bonchev–Trinajstić information content (AvgIpc) is 3.32. The highest BCUT2D eigenvalue weighted by molar-refractivity contribution is 6.07. The van der Waals surface area contributed by atoms with E-state index in [2.05, 4.69) is 15.7 Å². The fourth-order valence-corrected chi connectivity index (χ4v) is 2.96. The lowest BCUT2D eigenvalue weighted by Gasteiger charge is -2.15. The minimum absolute atomic E-state index is 0.228. The molecule has 31 heavy (non-hydrogen) atoms. The van der Waals surface area contributed by atoms with E-state index in [1.165, 1.54) is 21.3 Å². The van der Waals surface area contributed by atoms with E-state index in [0.717, 1.165) is 0 Å². The molecule has 3 aromatic rings. The van der Waals surface area contributed by atoms with Crippen LogP contribution in [0.15, 0.2) is 54.9 Å². The Morgan fingerprint density at radius 2 is 1.55 bits per heavy atom. The maximum absolute atomic E-state index is 12.9. The molecule has 0 aliphatic carbocycles. The molecule has 1 atom stereocenters. The van der Waals surface area contributed by atoms with Crippen molar-refractivity contribution in [2.75, 3.05) is 32.0 Å². The summed E-state index contributed by atoms with van der Waals surface area (Å²) in [6.45, 7) is 1.75. The molecule has 0 fully saturated rings. The Bertz CT molecular complexity index is 1070. The molecule has 1 aromatic heterocycles. The molecule has 0 radical (unpaired) electrons. The quantitative estimate of drug-likeness (QED) is 0.575. The van der Waals surface area contributed by atoms with Gasteiger partial charge in [0.05, 0.1) is 26.9 Å². The monoisotopic (exact) mass is 424 g/mol. The molecule has 2 aromatic carbocycles. The van der Waals surface area contributed by atoms with Gasteiger partial charge >= 0.3 is 0 Å². The van der Waals surface area contributed by atoms with Crippen molar-refractivity contribution in [3.63, 3.8) is 0 Å². The Morgan fingerprint density at radius 3 is 2.16 bits per heavy atom. The van der Waals surface area contributed by atoms with Crippen LogP contribution in [-0.4, -0.2) is 42.9 Å². The van der Waals surface area contributed by atoms with Crippen LogP contribution in [-0.2, 0) is 4.79 Å². The number of hydrogen-bond donors (Lipinski definition) is 2. The van der Waals surface area contributed by atoms with Crippen LogP contribution >= 0.6 is 0 Å². The van der Waals surface area contributed by atoms with Gasteiger partial charge < -0.3 is 24.8 Å². The Labute approximate surface area is 179 Å². The topological polar surface area (TPSA) is 104 Å². The van der Waals surface area contributed by atoms with Crippen molar-refractivity contribution < 1.29 is 23.8 Å². The first-order valence-electron chi connectivity index (χ1n) is 9.48. The lowest BCUT2D eigenvalue weighted by molar-refractivity contribution is -0.119. The van der Waals surface area contributed by atoms with Crippen molar-refractivity contribution in [3.8, 4) is 17.2 Å². The summed E-state index contributed by atoms with van der Waals surface area (Å²) in [6.07, 6.45) is 3.33. The molecule has 2 N–H and O–H groups in total. The zero-order valence-corrected chi connectivity index (χ0v) is 17.7. The van der Waals surface area contributed by atoms with Crippen LogP contribution in [0.25, 0.3) is 0 Å². The molecule has 0 aliphatic rings. The Kier molecular flexibility index (Phi) is 6.76. The third kappa shape index (κ3) is 4.95. The molecule has 1 heterocycles. The number of methoxy groups -OCH3 is 3. The first-order chi connectivity index (χ1) is 15.0. The van der Waals surface area contributed by atoms with E-state index >= 15 is 0 Å². The van der Waals surface area contributed by atoms with Crippen LogP contribution in [0.3, 0.4) is 0 Å². The lowest BCUT2D eigenvalue weighted by atomic mass is 10.1. The van der Waals surface area contributed by atoms with Gasteiger partial charge in [0.2, 0.25) is 5.91 Å². The highest BCUT2D eigenvalue weighted by Gasteiger charge is 2.19. The standard InChI is InChI=1S/C22H24N4O5/c1-14(26-10-6-9-23-26)21(27)24-15-7-5-8-16(11-15)25-22(28)17-12-19(30-3)20(31-4)13-18(17)29-2/h5-14H,1-4H3,(H,24,27)(H,25,28). The van der Waals surface area contributed by atoms with Crippen molar-refractivity contribution in [1.29, 1.82) is 0 Å². The van der Waals surface area contributed by atoms with Crippen molar-refractivity contribution >= 4 is 23.2 Å². The minimum atomic E-state index is -0.482. The Morgan fingerprint density at radius 1 is 0.903 bits per heavy atom. The van der Waals surface area contributed by atoms with Crippen LogP contribution in [0.1, 0.15) is 23.3 Å². The number of carbonyl (C=O) groups is 2. The number of carbonyl (C=O) groups excluding carboxylic acids is 2. The summed E-state index contributed by atoms with van der Waals surface area (Å²) in [7, 11) is 4.46. The van der Waals surface area contributed by atoms with Gasteiger partial charge in [-0.25, -0.2) is 0 Å². The number of rotatable bonds is 8. The van der Waals surface area contributed by atoms with Gasteiger partial charge in [-0.05, 0) is 31.2 Å². The molecule has 2 amide bonds. The van der Waals surface area contributed by atoms with E-state index in [-0.39, 0.29) is 11.5 Å². The summed E-state index contributed by atoms with van der Waals surface area (Å²) in [6, 6.07) is 11.3. The number of ether oxygens (including phenoxy) is 3. The van der Waals surface area contributed by atoms with Crippen LogP contribution in [0.5, 0.6) is 17.2 Å². The molecule has 1 unspecified atom stereocenters. The molecule has 0 saturated heterocycles. The summed E-state index contributed by atoms with van der Waals surface area (Å²) in [5, 5.41) is 9.71. The van der Waals surface area contributed by atoms with E-state index in [0.29, 0.717) is 28.6 Å². The van der Waals surface area contributed by atoms with Crippen molar-refractivity contribution in [2.24, 2.45) is 0 Å². The van der Waals surface area contributed by atoms with Gasteiger partial charge in [-0.15, -0.1) is 0 Å². The predicted octanol–water partition coefficient (Wildman–Crippen LogP) is 3.36.